The fourth-order valence-corrected chi connectivity index (χ4v) is 3.50. The van der Waals surface area contributed by atoms with Crippen molar-refractivity contribution in [3.05, 3.63) is 28.8 Å². The van der Waals surface area contributed by atoms with Crippen LogP contribution in [-0.4, -0.2) is 5.11 Å². The van der Waals surface area contributed by atoms with Crippen LogP contribution < -0.4 is 5.73 Å². The van der Waals surface area contributed by atoms with Crippen LogP contribution in [0.5, 0.6) is 0 Å². The van der Waals surface area contributed by atoms with Crippen molar-refractivity contribution in [2.75, 3.05) is 5.73 Å². The van der Waals surface area contributed by atoms with Crippen molar-refractivity contribution < 1.29 is 5.11 Å². The van der Waals surface area contributed by atoms with E-state index in [0.717, 1.165) is 36.9 Å². The van der Waals surface area contributed by atoms with E-state index in [1.807, 2.05) is 0 Å². The summed E-state index contributed by atoms with van der Waals surface area (Å²) in [5, 5.41) is 10.5. The largest absolute Gasteiger partial charge is 0.398 e. The average molecular weight is 231 g/mol. The number of rotatable bonds is 2. The zero-order valence-corrected chi connectivity index (χ0v) is 10.3. The fourth-order valence-electron chi connectivity index (χ4n) is 3.50. The van der Waals surface area contributed by atoms with Crippen LogP contribution in [0, 0.1) is 5.92 Å². The molecule has 2 aliphatic rings. The third kappa shape index (κ3) is 1.85. The maximum atomic E-state index is 10.5. The molecule has 3 rings (SSSR count). The first-order chi connectivity index (χ1) is 8.27. The van der Waals surface area contributed by atoms with Gasteiger partial charge in [-0.05, 0) is 49.1 Å². The Hall–Kier alpha value is -1.02. The van der Waals surface area contributed by atoms with Gasteiger partial charge in [0.25, 0.3) is 0 Å². The Morgan fingerprint density at radius 1 is 1.12 bits per heavy atom. The van der Waals surface area contributed by atoms with Crippen molar-refractivity contribution in [1.29, 1.82) is 0 Å². The molecule has 1 unspecified atom stereocenters. The molecule has 0 saturated heterocycles. The van der Waals surface area contributed by atoms with Crippen molar-refractivity contribution in [1.82, 2.24) is 0 Å². The SMILES string of the molecule is Nc1c(C(O)C2CCCC2)ccc2c1CCC2. The Bertz CT molecular complexity index is 421. The molecule has 0 radical (unpaired) electrons. The summed E-state index contributed by atoms with van der Waals surface area (Å²) in [6, 6.07) is 4.23. The molecule has 1 fully saturated rings. The lowest BCUT2D eigenvalue weighted by Crippen LogP contribution is -2.12. The van der Waals surface area contributed by atoms with Crippen LogP contribution in [0.25, 0.3) is 0 Å². The third-order valence-corrected chi connectivity index (χ3v) is 4.53. The molecule has 1 aromatic rings. The summed E-state index contributed by atoms with van der Waals surface area (Å²) < 4.78 is 0. The second-order valence-corrected chi connectivity index (χ2v) is 5.55. The number of aryl methyl sites for hydroxylation is 1. The van der Waals surface area contributed by atoms with Gasteiger partial charge in [-0.15, -0.1) is 0 Å². The predicted octanol–water partition coefficient (Wildman–Crippen LogP) is 2.98. The molecular formula is C15H21NO. The maximum Gasteiger partial charge on any atom is 0.0838 e. The van der Waals surface area contributed by atoms with Gasteiger partial charge in [-0.25, -0.2) is 0 Å². The Labute approximate surface area is 103 Å². The normalized spacial score (nSPS) is 21.7. The van der Waals surface area contributed by atoms with E-state index in [1.165, 1.54) is 30.4 Å². The summed E-state index contributed by atoms with van der Waals surface area (Å²) in [5.41, 5.74) is 10.8. The smallest absolute Gasteiger partial charge is 0.0838 e. The highest BCUT2D eigenvalue weighted by Crippen LogP contribution is 2.40. The zero-order valence-electron chi connectivity index (χ0n) is 10.3. The number of nitrogen functional groups attached to an aromatic ring is 1. The quantitative estimate of drug-likeness (QED) is 0.769. The summed E-state index contributed by atoms with van der Waals surface area (Å²) in [5.74, 6) is 0.428. The summed E-state index contributed by atoms with van der Waals surface area (Å²) in [7, 11) is 0. The molecular weight excluding hydrogens is 210 g/mol. The van der Waals surface area contributed by atoms with Gasteiger partial charge in [0.15, 0.2) is 0 Å². The van der Waals surface area contributed by atoms with Crippen LogP contribution in [0.3, 0.4) is 0 Å². The second-order valence-electron chi connectivity index (χ2n) is 5.55. The summed E-state index contributed by atoms with van der Waals surface area (Å²) in [4.78, 5) is 0. The van der Waals surface area contributed by atoms with Crippen LogP contribution in [0.4, 0.5) is 5.69 Å². The van der Waals surface area contributed by atoms with E-state index in [4.69, 9.17) is 5.73 Å². The van der Waals surface area contributed by atoms with Crippen LogP contribution in [0.2, 0.25) is 0 Å². The number of aliphatic hydroxyl groups excluding tert-OH is 1. The van der Waals surface area contributed by atoms with Crippen LogP contribution in [-0.2, 0) is 12.8 Å². The number of aliphatic hydroxyl groups is 1. The number of nitrogens with two attached hydrogens (primary N) is 1. The van der Waals surface area contributed by atoms with Crippen molar-refractivity contribution in [3.63, 3.8) is 0 Å². The Morgan fingerprint density at radius 3 is 2.65 bits per heavy atom. The van der Waals surface area contributed by atoms with Gasteiger partial charge < -0.3 is 10.8 Å². The van der Waals surface area contributed by atoms with Gasteiger partial charge in [0.05, 0.1) is 6.10 Å². The van der Waals surface area contributed by atoms with Gasteiger partial charge in [0, 0.05) is 11.3 Å². The van der Waals surface area contributed by atoms with Crippen molar-refractivity contribution in [2.24, 2.45) is 5.92 Å². The van der Waals surface area contributed by atoms with E-state index in [9.17, 15) is 5.11 Å². The summed E-state index contributed by atoms with van der Waals surface area (Å²) in [6.45, 7) is 0. The highest BCUT2D eigenvalue weighted by Gasteiger charge is 2.27. The second kappa shape index (κ2) is 4.34. The van der Waals surface area contributed by atoms with E-state index in [-0.39, 0.29) is 6.10 Å². The van der Waals surface area contributed by atoms with E-state index >= 15 is 0 Å². The Morgan fingerprint density at radius 2 is 1.88 bits per heavy atom. The Kier molecular flexibility index (Phi) is 2.83. The number of hydrogen-bond acceptors (Lipinski definition) is 2. The van der Waals surface area contributed by atoms with Gasteiger partial charge in [-0.2, -0.15) is 0 Å². The topological polar surface area (TPSA) is 46.2 Å². The van der Waals surface area contributed by atoms with E-state index in [0.29, 0.717) is 5.92 Å². The molecule has 0 heterocycles. The van der Waals surface area contributed by atoms with E-state index < -0.39 is 0 Å². The van der Waals surface area contributed by atoms with Gasteiger partial charge in [-0.1, -0.05) is 25.0 Å². The molecule has 0 spiro atoms. The molecule has 2 nitrogen and oxygen atoms in total. The standard InChI is InChI=1S/C15H21NO/c16-14-12-7-3-6-10(12)8-9-13(14)15(17)11-4-1-2-5-11/h8-9,11,15,17H,1-7,16H2. The highest BCUT2D eigenvalue weighted by molar-refractivity contribution is 5.59. The zero-order chi connectivity index (χ0) is 11.8. The van der Waals surface area contributed by atoms with Crippen LogP contribution in [0.15, 0.2) is 12.1 Å². The monoisotopic (exact) mass is 231 g/mol. The summed E-state index contributed by atoms with van der Waals surface area (Å²) >= 11 is 0. The maximum absolute atomic E-state index is 10.5. The first-order valence-corrected chi connectivity index (χ1v) is 6.85. The molecule has 92 valence electrons. The lowest BCUT2D eigenvalue weighted by molar-refractivity contribution is 0.112. The van der Waals surface area contributed by atoms with Crippen molar-refractivity contribution in [2.45, 2.75) is 51.0 Å². The van der Waals surface area contributed by atoms with Gasteiger partial charge in [0.1, 0.15) is 0 Å². The molecule has 2 aliphatic carbocycles. The minimum Gasteiger partial charge on any atom is -0.398 e. The predicted molar refractivity (Wildman–Crippen MR) is 69.8 cm³/mol. The molecule has 0 aromatic heterocycles. The number of anilines is 1. The third-order valence-electron chi connectivity index (χ3n) is 4.53. The van der Waals surface area contributed by atoms with Gasteiger partial charge >= 0.3 is 0 Å². The average Bonchev–Trinajstić information content (AvgIpc) is 3.00. The molecule has 3 N–H and O–H groups in total. The molecule has 2 heteroatoms. The van der Waals surface area contributed by atoms with Crippen molar-refractivity contribution >= 4 is 5.69 Å². The van der Waals surface area contributed by atoms with Crippen LogP contribution >= 0.6 is 0 Å². The molecule has 0 amide bonds. The molecule has 1 atom stereocenters. The van der Waals surface area contributed by atoms with Crippen molar-refractivity contribution in [3.8, 4) is 0 Å². The van der Waals surface area contributed by atoms with E-state index in [1.54, 1.807) is 0 Å². The Balaban J connectivity index is 1.92. The number of hydrogen-bond donors (Lipinski definition) is 2. The summed E-state index contributed by atoms with van der Waals surface area (Å²) in [6.07, 6.45) is 7.92. The van der Waals surface area contributed by atoms with Crippen LogP contribution in [0.1, 0.15) is 54.9 Å². The molecule has 0 bridgehead atoms. The lowest BCUT2D eigenvalue weighted by Gasteiger charge is -2.21. The van der Waals surface area contributed by atoms with Gasteiger partial charge in [-0.3, -0.25) is 0 Å². The molecule has 1 aromatic carbocycles. The molecule has 17 heavy (non-hydrogen) atoms. The first kappa shape index (κ1) is 11.1. The minimum absolute atomic E-state index is 0.344. The molecule has 0 aliphatic heterocycles. The lowest BCUT2D eigenvalue weighted by atomic mass is 9.91. The van der Waals surface area contributed by atoms with E-state index in [2.05, 4.69) is 12.1 Å². The van der Waals surface area contributed by atoms with Gasteiger partial charge in [0.2, 0.25) is 0 Å². The fraction of sp³-hybridized carbons (Fsp3) is 0.600. The highest BCUT2D eigenvalue weighted by atomic mass is 16.3. The first-order valence-electron chi connectivity index (χ1n) is 6.85. The number of fused-ring (bicyclic) bond motifs is 1. The molecule has 1 saturated carbocycles. The number of benzene rings is 1. The minimum atomic E-state index is -0.344.